The molecule has 4 nitrogen and oxygen atoms in total. The summed E-state index contributed by atoms with van der Waals surface area (Å²) in [6.45, 7) is 4.31. The zero-order valence-corrected chi connectivity index (χ0v) is 11.7. The van der Waals surface area contributed by atoms with E-state index < -0.39 is 0 Å². The highest BCUT2D eigenvalue weighted by atomic mass is 16.5. The van der Waals surface area contributed by atoms with Gasteiger partial charge in [-0.25, -0.2) is 4.98 Å². The van der Waals surface area contributed by atoms with Crippen LogP contribution < -0.4 is 4.74 Å². The van der Waals surface area contributed by atoms with Crippen LogP contribution in [0.3, 0.4) is 0 Å². The van der Waals surface area contributed by atoms with Gasteiger partial charge in [-0.15, -0.1) is 0 Å². The van der Waals surface area contributed by atoms with Crippen LogP contribution in [0.4, 0.5) is 0 Å². The molecule has 0 unspecified atom stereocenters. The fraction of sp³-hybridized carbons (Fsp3) is 0.400. The molecule has 19 heavy (non-hydrogen) atoms. The standard InChI is InChI=1S/C15H20N2O2/c1-10-7-11(2)15(13(8-10)19-3)12-9-16-14(17-12)5-4-6-18/h7-9,18H,4-6H2,1-3H3,(H,16,17). The molecule has 0 aliphatic heterocycles. The number of aliphatic hydroxyl groups is 1. The Kier molecular flexibility index (Phi) is 4.22. The van der Waals surface area contributed by atoms with Gasteiger partial charge in [0.15, 0.2) is 0 Å². The molecule has 0 bridgehead atoms. The Morgan fingerprint density at radius 1 is 1.32 bits per heavy atom. The number of ether oxygens (including phenoxy) is 1. The summed E-state index contributed by atoms with van der Waals surface area (Å²) in [6.07, 6.45) is 3.30. The molecule has 0 fully saturated rings. The summed E-state index contributed by atoms with van der Waals surface area (Å²) in [5.74, 6) is 1.75. The predicted octanol–water partition coefficient (Wildman–Crippen LogP) is 2.63. The third kappa shape index (κ3) is 2.96. The maximum atomic E-state index is 8.85. The third-order valence-electron chi connectivity index (χ3n) is 3.13. The van der Waals surface area contributed by atoms with Crippen LogP contribution in [0.15, 0.2) is 18.3 Å². The van der Waals surface area contributed by atoms with Gasteiger partial charge in [-0.05, 0) is 37.5 Å². The average Bonchev–Trinajstić information content (AvgIpc) is 2.83. The molecule has 0 aliphatic carbocycles. The molecule has 0 spiro atoms. The highest BCUT2D eigenvalue weighted by molar-refractivity contribution is 5.71. The Morgan fingerprint density at radius 3 is 2.79 bits per heavy atom. The lowest BCUT2D eigenvalue weighted by molar-refractivity contribution is 0.287. The van der Waals surface area contributed by atoms with Crippen LogP contribution in [0, 0.1) is 13.8 Å². The van der Waals surface area contributed by atoms with E-state index in [1.165, 1.54) is 5.56 Å². The number of methoxy groups -OCH3 is 1. The van der Waals surface area contributed by atoms with Crippen molar-refractivity contribution in [1.82, 2.24) is 9.97 Å². The van der Waals surface area contributed by atoms with E-state index in [2.05, 4.69) is 29.9 Å². The number of aliphatic hydroxyl groups excluding tert-OH is 1. The molecule has 0 amide bonds. The van der Waals surface area contributed by atoms with E-state index in [0.717, 1.165) is 41.2 Å². The number of imidazole rings is 1. The molecule has 2 N–H and O–H groups in total. The first-order valence-corrected chi connectivity index (χ1v) is 6.46. The van der Waals surface area contributed by atoms with Crippen LogP contribution in [0.1, 0.15) is 23.4 Å². The van der Waals surface area contributed by atoms with E-state index in [-0.39, 0.29) is 6.61 Å². The smallest absolute Gasteiger partial charge is 0.128 e. The minimum Gasteiger partial charge on any atom is -0.496 e. The lowest BCUT2D eigenvalue weighted by atomic mass is 10.0. The van der Waals surface area contributed by atoms with E-state index in [4.69, 9.17) is 9.84 Å². The second-order valence-corrected chi connectivity index (χ2v) is 4.73. The van der Waals surface area contributed by atoms with Gasteiger partial charge in [0, 0.05) is 18.6 Å². The zero-order chi connectivity index (χ0) is 13.8. The Morgan fingerprint density at radius 2 is 2.11 bits per heavy atom. The van der Waals surface area contributed by atoms with Gasteiger partial charge in [0.1, 0.15) is 11.6 Å². The summed E-state index contributed by atoms with van der Waals surface area (Å²) in [5.41, 5.74) is 4.35. The first kappa shape index (κ1) is 13.6. The number of aryl methyl sites for hydroxylation is 3. The van der Waals surface area contributed by atoms with Crippen molar-refractivity contribution in [1.29, 1.82) is 0 Å². The molecule has 2 rings (SSSR count). The molecule has 1 aromatic heterocycles. The second kappa shape index (κ2) is 5.89. The minimum absolute atomic E-state index is 0.183. The molecule has 0 radical (unpaired) electrons. The Bertz CT molecular complexity index is 561. The maximum absolute atomic E-state index is 8.85. The van der Waals surface area contributed by atoms with Crippen molar-refractivity contribution in [2.24, 2.45) is 0 Å². The quantitative estimate of drug-likeness (QED) is 0.869. The summed E-state index contributed by atoms with van der Waals surface area (Å²) in [4.78, 5) is 7.64. The van der Waals surface area contributed by atoms with E-state index in [0.29, 0.717) is 0 Å². The lowest BCUT2D eigenvalue weighted by Gasteiger charge is -2.11. The summed E-state index contributed by atoms with van der Waals surface area (Å²) >= 11 is 0. The molecule has 0 aliphatic rings. The minimum atomic E-state index is 0.183. The first-order valence-electron chi connectivity index (χ1n) is 6.46. The first-order chi connectivity index (χ1) is 9.15. The van der Waals surface area contributed by atoms with E-state index in [9.17, 15) is 0 Å². The molecule has 102 valence electrons. The van der Waals surface area contributed by atoms with Crippen molar-refractivity contribution in [3.05, 3.63) is 35.3 Å². The topological polar surface area (TPSA) is 58.1 Å². The van der Waals surface area contributed by atoms with Crippen molar-refractivity contribution in [2.45, 2.75) is 26.7 Å². The highest BCUT2D eigenvalue weighted by Gasteiger charge is 2.12. The molecular formula is C15H20N2O2. The average molecular weight is 260 g/mol. The Hall–Kier alpha value is -1.81. The van der Waals surface area contributed by atoms with Crippen molar-refractivity contribution in [3.8, 4) is 17.0 Å². The SMILES string of the molecule is COc1cc(C)cc(C)c1-c1cnc(CCCO)[nH]1. The van der Waals surface area contributed by atoms with Gasteiger partial charge < -0.3 is 14.8 Å². The lowest BCUT2D eigenvalue weighted by Crippen LogP contribution is -1.94. The largest absolute Gasteiger partial charge is 0.496 e. The van der Waals surface area contributed by atoms with Crippen LogP contribution in [0.2, 0.25) is 0 Å². The number of hydrogen-bond donors (Lipinski definition) is 2. The van der Waals surface area contributed by atoms with Gasteiger partial charge in [0.2, 0.25) is 0 Å². The van der Waals surface area contributed by atoms with E-state index in [1.807, 2.05) is 12.3 Å². The molecule has 0 saturated carbocycles. The van der Waals surface area contributed by atoms with Gasteiger partial charge in [-0.1, -0.05) is 6.07 Å². The third-order valence-corrected chi connectivity index (χ3v) is 3.13. The van der Waals surface area contributed by atoms with Crippen LogP contribution in [0.25, 0.3) is 11.3 Å². The highest BCUT2D eigenvalue weighted by Crippen LogP contribution is 2.33. The van der Waals surface area contributed by atoms with Gasteiger partial charge in [-0.2, -0.15) is 0 Å². The summed E-state index contributed by atoms with van der Waals surface area (Å²) in [5, 5.41) is 8.85. The fourth-order valence-electron chi connectivity index (χ4n) is 2.30. The van der Waals surface area contributed by atoms with E-state index in [1.54, 1.807) is 7.11 Å². The van der Waals surface area contributed by atoms with Crippen molar-refractivity contribution in [3.63, 3.8) is 0 Å². The predicted molar refractivity (Wildman–Crippen MR) is 75.5 cm³/mol. The number of H-pyrrole nitrogens is 1. The Labute approximate surface area is 113 Å². The van der Waals surface area contributed by atoms with Crippen LogP contribution >= 0.6 is 0 Å². The number of hydrogen-bond acceptors (Lipinski definition) is 3. The summed E-state index contributed by atoms with van der Waals surface area (Å²) in [6, 6.07) is 4.16. The number of benzene rings is 1. The van der Waals surface area contributed by atoms with Crippen LogP contribution in [-0.2, 0) is 6.42 Å². The van der Waals surface area contributed by atoms with Gasteiger partial charge in [0.05, 0.1) is 19.0 Å². The number of aromatic nitrogens is 2. The summed E-state index contributed by atoms with van der Waals surface area (Å²) in [7, 11) is 1.68. The maximum Gasteiger partial charge on any atom is 0.128 e. The van der Waals surface area contributed by atoms with Crippen molar-refractivity contribution in [2.75, 3.05) is 13.7 Å². The van der Waals surface area contributed by atoms with Crippen LogP contribution in [-0.4, -0.2) is 28.8 Å². The number of rotatable bonds is 5. The monoisotopic (exact) mass is 260 g/mol. The molecule has 0 atom stereocenters. The number of aromatic amines is 1. The number of nitrogens with zero attached hydrogens (tertiary/aromatic N) is 1. The molecule has 4 heteroatoms. The molecule has 2 aromatic rings. The summed E-state index contributed by atoms with van der Waals surface area (Å²) < 4.78 is 5.46. The molecule has 1 heterocycles. The fourth-order valence-corrected chi connectivity index (χ4v) is 2.30. The van der Waals surface area contributed by atoms with Gasteiger partial charge in [-0.3, -0.25) is 0 Å². The van der Waals surface area contributed by atoms with Crippen LogP contribution in [0.5, 0.6) is 5.75 Å². The molecule has 0 saturated heterocycles. The normalized spacial score (nSPS) is 10.7. The zero-order valence-electron chi connectivity index (χ0n) is 11.7. The Balaban J connectivity index is 2.38. The van der Waals surface area contributed by atoms with Crippen molar-refractivity contribution >= 4 is 0 Å². The van der Waals surface area contributed by atoms with E-state index >= 15 is 0 Å². The molecule has 1 aromatic carbocycles. The van der Waals surface area contributed by atoms with Gasteiger partial charge >= 0.3 is 0 Å². The number of nitrogens with one attached hydrogen (secondary N) is 1. The van der Waals surface area contributed by atoms with Crippen molar-refractivity contribution < 1.29 is 9.84 Å². The molecular weight excluding hydrogens is 240 g/mol. The second-order valence-electron chi connectivity index (χ2n) is 4.73. The van der Waals surface area contributed by atoms with Gasteiger partial charge in [0.25, 0.3) is 0 Å².